The van der Waals surface area contributed by atoms with Crippen molar-refractivity contribution in [3.8, 4) is 5.75 Å². The van der Waals surface area contributed by atoms with E-state index >= 15 is 0 Å². The maximum Gasteiger partial charge on any atom is 0.420 e. The number of ether oxygens (including phenoxy) is 1. The van der Waals surface area contributed by atoms with Crippen molar-refractivity contribution in [1.82, 2.24) is 0 Å². The van der Waals surface area contributed by atoms with E-state index in [1.165, 1.54) is 0 Å². The van der Waals surface area contributed by atoms with E-state index in [0.717, 1.165) is 12.1 Å². The first-order valence-corrected chi connectivity index (χ1v) is 7.21. The second-order valence-electron chi connectivity index (χ2n) is 4.75. The molecule has 0 aliphatic heterocycles. The summed E-state index contributed by atoms with van der Waals surface area (Å²) < 4.78 is 83.5. The smallest absolute Gasteiger partial charge is 0.420 e. The molecule has 0 radical (unpaired) electrons. The fraction of sp³-hybridized carbons (Fsp3) is 0.538. The van der Waals surface area contributed by atoms with Crippen LogP contribution in [0.15, 0.2) is 17.0 Å². The Morgan fingerprint density at radius 3 is 2.05 bits per heavy atom. The fourth-order valence-corrected chi connectivity index (χ4v) is 2.18. The number of hydrogen-bond donors (Lipinski definition) is 1. The summed E-state index contributed by atoms with van der Waals surface area (Å²) in [6.45, 7) is 3.42. The van der Waals surface area contributed by atoms with Gasteiger partial charge in [-0.3, -0.25) is 5.14 Å². The van der Waals surface area contributed by atoms with E-state index in [9.17, 15) is 26.3 Å². The van der Waals surface area contributed by atoms with Crippen molar-refractivity contribution in [2.75, 3.05) is 6.61 Å². The number of alkyl halides is 6. The van der Waals surface area contributed by atoms with Gasteiger partial charge in [0.15, 0.2) is 0 Å². The highest BCUT2D eigenvalue weighted by Gasteiger charge is 2.47. The lowest BCUT2D eigenvalue weighted by Gasteiger charge is -2.22. The van der Waals surface area contributed by atoms with Gasteiger partial charge >= 0.3 is 12.4 Å². The zero-order valence-electron chi connectivity index (χ0n) is 11.8. The number of hydrogen-bond acceptors (Lipinski definition) is 3. The molecule has 1 atom stereocenters. The van der Waals surface area contributed by atoms with Gasteiger partial charge < -0.3 is 4.74 Å². The molecule has 1 aromatic carbocycles. The van der Waals surface area contributed by atoms with E-state index in [1.807, 2.05) is 0 Å². The van der Waals surface area contributed by atoms with Crippen LogP contribution in [0.3, 0.4) is 0 Å². The molecule has 0 saturated carbocycles. The largest absolute Gasteiger partial charge is 0.493 e. The van der Waals surface area contributed by atoms with Crippen molar-refractivity contribution < 1.29 is 31.1 Å². The minimum atomic E-state index is -5.21. The van der Waals surface area contributed by atoms with Crippen LogP contribution < -0.4 is 9.88 Å². The van der Waals surface area contributed by atoms with Crippen LogP contribution in [-0.2, 0) is 12.4 Å². The van der Waals surface area contributed by atoms with Crippen molar-refractivity contribution in [3.63, 3.8) is 0 Å². The van der Waals surface area contributed by atoms with Crippen molar-refractivity contribution in [3.05, 3.63) is 23.3 Å². The lowest BCUT2D eigenvalue weighted by atomic mass is 10.0. The number of nitrogens with two attached hydrogens (primary N) is 1. The Labute approximate surface area is 128 Å². The molecule has 126 valence electrons. The summed E-state index contributed by atoms with van der Waals surface area (Å²) in [5.41, 5.74) is -3.65. The Bertz CT molecular complexity index is 514. The Kier molecular flexibility index (Phi) is 6.03. The summed E-state index contributed by atoms with van der Waals surface area (Å²) in [6, 6.07) is 1.75. The third kappa shape index (κ3) is 4.45. The number of rotatable bonds is 5. The predicted molar refractivity (Wildman–Crippen MR) is 71.4 cm³/mol. The third-order valence-corrected chi connectivity index (χ3v) is 3.64. The van der Waals surface area contributed by atoms with E-state index < -0.39 is 34.1 Å². The lowest BCUT2D eigenvalue weighted by Crippen LogP contribution is -2.20. The van der Waals surface area contributed by atoms with Gasteiger partial charge in [-0.05, 0) is 30.0 Å². The highest BCUT2D eigenvalue weighted by Crippen LogP contribution is 2.48. The molecule has 0 saturated heterocycles. The van der Waals surface area contributed by atoms with Gasteiger partial charge in [0.2, 0.25) is 0 Å². The SMILES string of the molecule is CCC(C)COc1ccc(SN)c(C(F)(F)F)c1C(F)(F)F. The second-order valence-corrected chi connectivity index (χ2v) is 5.43. The van der Waals surface area contributed by atoms with E-state index in [-0.39, 0.29) is 24.5 Å². The van der Waals surface area contributed by atoms with Crippen molar-refractivity contribution in [2.45, 2.75) is 37.5 Å². The molecule has 0 bridgehead atoms. The number of benzene rings is 1. The van der Waals surface area contributed by atoms with Gasteiger partial charge in [-0.15, -0.1) is 0 Å². The van der Waals surface area contributed by atoms with Crippen LogP contribution in [-0.4, -0.2) is 6.61 Å². The summed E-state index contributed by atoms with van der Waals surface area (Å²) in [5, 5.41) is 5.06. The van der Waals surface area contributed by atoms with Gasteiger partial charge in [-0.1, -0.05) is 20.3 Å². The highest BCUT2D eigenvalue weighted by molar-refractivity contribution is 7.97. The van der Waals surface area contributed by atoms with Crippen LogP contribution in [0.4, 0.5) is 26.3 Å². The van der Waals surface area contributed by atoms with Crippen LogP contribution in [0.5, 0.6) is 5.75 Å². The van der Waals surface area contributed by atoms with Crippen LogP contribution >= 0.6 is 11.9 Å². The molecule has 1 unspecified atom stereocenters. The quantitative estimate of drug-likeness (QED) is 0.593. The Balaban J connectivity index is 3.46. The van der Waals surface area contributed by atoms with Gasteiger partial charge in [0.05, 0.1) is 12.2 Å². The van der Waals surface area contributed by atoms with E-state index in [2.05, 4.69) is 0 Å². The van der Waals surface area contributed by atoms with Gasteiger partial charge in [-0.2, -0.15) is 26.3 Å². The summed E-state index contributed by atoms with van der Waals surface area (Å²) in [7, 11) is 0. The van der Waals surface area contributed by atoms with Gasteiger partial charge in [0.1, 0.15) is 11.3 Å². The van der Waals surface area contributed by atoms with E-state index in [4.69, 9.17) is 9.88 Å². The van der Waals surface area contributed by atoms with Crippen molar-refractivity contribution >= 4 is 11.9 Å². The van der Waals surface area contributed by atoms with Gasteiger partial charge in [-0.25, -0.2) is 0 Å². The van der Waals surface area contributed by atoms with Gasteiger partial charge in [0.25, 0.3) is 0 Å². The van der Waals surface area contributed by atoms with Crippen LogP contribution in [0.2, 0.25) is 0 Å². The van der Waals surface area contributed by atoms with Crippen molar-refractivity contribution in [1.29, 1.82) is 0 Å². The molecule has 0 spiro atoms. The summed E-state index contributed by atoms with van der Waals surface area (Å²) in [5.74, 6) is -0.920. The molecule has 0 aliphatic rings. The fourth-order valence-electron chi connectivity index (χ4n) is 1.70. The minimum absolute atomic E-state index is 0.0843. The Morgan fingerprint density at radius 2 is 1.64 bits per heavy atom. The molecule has 2 nitrogen and oxygen atoms in total. The average molecular weight is 347 g/mol. The molecule has 0 fully saturated rings. The molecule has 0 amide bonds. The van der Waals surface area contributed by atoms with Crippen LogP contribution in [0.25, 0.3) is 0 Å². The average Bonchev–Trinajstić information content (AvgIpc) is 2.41. The minimum Gasteiger partial charge on any atom is -0.493 e. The molecule has 0 heterocycles. The molecular formula is C13H15F6NOS. The molecule has 2 N–H and O–H groups in total. The molecular weight excluding hydrogens is 332 g/mol. The van der Waals surface area contributed by atoms with Crippen LogP contribution in [0.1, 0.15) is 31.4 Å². The first-order chi connectivity index (χ1) is 10.0. The molecule has 1 aromatic rings. The lowest BCUT2D eigenvalue weighted by molar-refractivity contribution is -0.164. The molecule has 1 rings (SSSR count). The molecule has 9 heteroatoms. The predicted octanol–water partition coefficient (Wildman–Crippen LogP) is 5.11. The summed E-state index contributed by atoms with van der Waals surface area (Å²) in [4.78, 5) is -0.698. The Hall–Kier alpha value is -1.09. The molecule has 0 aromatic heterocycles. The molecule has 0 aliphatic carbocycles. The maximum absolute atomic E-state index is 13.1. The van der Waals surface area contributed by atoms with E-state index in [1.54, 1.807) is 13.8 Å². The number of halogens is 6. The standard InChI is InChI=1S/C13H15F6NOS/c1-3-7(2)6-21-8-4-5-9(22-20)11(13(17,18)19)10(8)12(14,15)16/h4-5,7H,3,6,20H2,1-2H3. The van der Waals surface area contributed by atoms with Gasteiger partial charge in [0, 0.05) is 4.90 Å². The zero-order chi connectivity index (χ0) is 17.1. The Morgan fingerprint density at radius 1 is 1.09 bits per heavy atom. The summed E-state index contributed by atoms with van der Waals surface area (Å²) >= 11 is 0.115. The molecule has 22 heavy (non-hydrogen) atoms. The first kappa shape index (κ1) is 19.0. The monoisotopic (exact) mass is 347 g/mol. The normalized spacial score (nSPS) is 14.0. The zero-order valence-corrected chi connectivity index (χ0v) is 12.6. The first-order valence-electron chi connectivity index (χ1n) is 6.33. The second kappa shape index (κ2) is 6.99. The van der Waals surface area contributed by atoms with E-state index in [0.29, 0.717) is 6.42 Å². The van der Waals surface area contributed by atoms with Crippen molar-refractivity contribution in [2.24, 2.45) is 11.1 Å². The highest BCUT2D eigenvalue weighted by atomic mass is 32.2. The summed E-state index contributed by atoms with van der Waals surface area (Å²) in [6.07, 6.45) is -9.77. The topological polar surface area (TPSA) is 35.2 Å². The van der Waals surface area contributed by atoms with Crippen LogP contribution in [0, 0.1) is 5.92 Å². The third-order valence-electron chi connectivity index (χ3n) is 3.04. The maximum atomic E-state index is 13.1.